The van der Waals surface area contributed by atoms with Gasteiger partial charge in [0.25, 0.3) is 0 Å². The first-order valence-electron chi connectivity index (χ1n) is 12.3. The minimum atomic E-state index is 0.569. The maximum absolute atomic E-state index is 6.20. The molecule has 2 heterocycles. The molecule has 34 heavy (non-hydrogen) atoms. The molecular formula is C31H33N2O+. The smallest absolute Gasteiger partial charge is 0.202 e. The van der Waals surface area contributed by atoms with Gasteiger partial charge in [-0.25, -0.2) is 4.57 Å². The van der Waals surface area contributed by atoms with Crippen LogP contribution in [0.15, 0.2) is 91.1 Å². The third kappa shape index (κ3) is 4.56. The highest BCUT2D eigenvalue weighted by Crippen LogP contribution is 2.33. The first kappa shape index (κ1) is 22.2. The van der Waals surface area contributed by atoms with Crippen LogP contribution in [0.1, 0.15) is 37.1 Å². The lowest BCUT2D eigenvalue weighted by molar-refractivity contribution is -0.702. The molecule has 0 atom stereocenters. The van der Waals surface area contributed by atoms with Crippen LogP contribution >= 0.6 is 0 Å². The Bertz CT molecular complexity index is 1400. The molecule has 0 fully saturated rings. The molecule has 3 heteroatoms. The maximum atomic E-state index is 6.20. The molecule has 0 saturated carbocycles. The normalized spacial score (nSPS) is 11.5. The van der Waals surface area contributed by atoms with E-state index in [4.69, 9.17) is 4.74 Å². The van der Waals surface area contributed by atoms with Gasteiger partial charge in [-0.1, -0.05) is 74.5 Å². The summed E-state index contributed by atoms with van der Waals surface area (Å²) in [7, 11) is 0. The summed E-state index contributed by atoms with van der Waals surface area (Å²) in [6, 6.07) is 29.9. The van der Waals surface area contributed by atoms with Gasteiger partial charge in [0.2, 0.25) is 5.69 Å². The second-order valence-corrected chi connectivity index (χ2v) is 9.56. The van der Waals surface area contributed by atoms with Gasteiger partial charge in [-0.3, -0.25) is 0 Å². The number of nitrogens with zero attached hydrogens (tertiary/aromatic N) is 2. The van der Waals surface area contributed by atoms with Gasteiger partial charge in [0.15, 0.2) is 6.20 Å². The van der Waals surface area contributed by atoms with E-state index in [1.807, 2.05) is 6.07 Å². The van der Waals surface area contributed by atoms with Gasteiger partial charge in [-0.05, 0) is 29.2 Å². The average Bonchev–Trinajstić information content (AvgIpc) is 3.17. The first-order valence-corrected chi connectivity index (χ1v) is 12.3. The van der Waals surface area contributed by atoms with E-state index in [0.29, 0.717) is 12.5 Å². The van der Waals surface area contributed by atoms with Crippen LogP contribution in [0.2, 0.25) is 0 Å². The molecule has 0 amide bonds. The van der Waals surface area contributed by atoms with Gasteiger partial charge in [-0.2, -0.15) is 0 Å². The Morgan fingerprint density at radius 2 is 1.53 bits per heavy atom. The number of aromatic nitrogens is 2. The van der Waals surface area contributed by atoms with E-state index in [1.165, 1.54) is 45.0 Å². The summed E-state index contributed by atoms with van der Waals surface area (Å²) in [6.45, 7) is 9.28. The van der Waals surface area contributed by atoms with Gasteiger partial charge in [0.05, 0.1) is 5.52 Å². The van der Waals surface area contributed by atoms with Gasteiger partial charge < -0.3 is 9.30 Å². The van der Waals surface area contributed by atoms with Crippen molar-refractivity contribution in [3.8, 4) is 5.75 Å². The molecule has 0 saturated heterocycles. The van der Waals surface area contributed by atoms with Crippen molar-refractivity contribution in [2.24, 2.45) is 5.92 Å². The molecule has 0 aliphatic rings. The molecule has 0 unspecified atom stereocenters. The van der Waals surface area contributed by atoms with Crippen LogP contribution in [0.4, 0.5) is 0 Å². The fraction of sp³-hybridized carbons (Fsp3) is 0.258. The minimum absolute atomic E-state index is 0.569. The van der Waals surface area contributed by atoms with Crippen molar-refractivity contribution < 1.29 is 9.30 Å². The molecule has 0 spiro atoms. The van der Waals surface area contributed by atoms with E-state index in [1.54, 1.807) is 0 Å². The number of benzene rings is 3. The van der Waals surface area contributed by atoms with E-state index >= 15 is 0 Å². The molecule has 172 valence electrons. The van der Waals surface area contributed by atoms with Crippen LogP contribution in [-0.2, 0) is 19.7 Å². The summed E-state index contributed by atoms with van der Waals surface area (Å²) >= 11 is 0. The third-order valence-electron chi connectivity index (χ3n) is 6.65. The van der Waals surface area contributed by atoms with Crippen molar-refractivity contribution in [2.75, 3.05) is 0 Å². The summed E-state index contributed by atoms with van der Waals surface area (Å²) in [5.41, 5.74) is 6.32. The number of rotatable bonds is 8. The number of hydrogen-bond acceptors (Lipinski definition) is 1. The largest absolute Gasteiger partial charge is 0.489 e. The second kappa shape index (κ2) is 9.72. The molecular weight excluding hydrogens is 416 g/mol. The van der Waals surface area contributed by atoms with Crippen LogP contribution in [0.5, 0.6) is 5.75 Å². The number of fused-ring (bicyclic) bond motifs is 3. The molecule has 0 aliphatic carbocycles. The zero-order valence-corrected chi connectivity index (χ0v) is 20.4. The standard InChI is InChI=1S/C31H33N2O/c1-23(2)16-18-32-19-17-29-28-15-14-27(34-22-26-12-8-5-9-13-26)20-30(28)33(31(29)24(32)3)21-25-10-6-4-7-11-25/h4-15,17,19-20,23H,16,18,21-22H2,1-3H3/q+1. The molecule has 3 nitrogen and oxygen atoms in total. The van der Waals surface area contributed by atoms with Gasteiger partial charge in [-0.15, -0.1) is 0 Å². The summed E-state index contributed by atoms with van der Waals surface area (Å²) in [5.74, 6) is 1.58. The van der Waals surface area contributed by atoms with E-state index in [-0.39, 0.29) is 0 Å². The summed E-state index contributed by atoms with van der Waals surface area (Å²) in [5, 5.41) is 2.58. The van der Waals surface area contributed by atoms with E-state index in [0.717, 1.165) is 18.8 Å². The number of hydrogen-bond donors (Lipinski definition) is 0. The molecule has 5 aromatic rings. The SMILES string of the molecule is Cc1c2c(cc[n+]1CCC(C)C)c1ccc(OCc3ccccc3)cc1n2Cc1ccccc1. The Hall–Kier alpha value is -3.59. The van der Waals surface area contributed by atoms with E-state index in [9.17, 15) is 0 Å². The third-order valence-corrected chi connectivity index (χ3v) is 6.65. The lowest BCUT2D eigenvalue weighted by Gasteiger charge is -2.11. The topological polar surface area (TPSA) is 18.0 Å². The fourth-order valence-electron chi connectivity index (χ4n) is 4.73. The Balaban J connectivity index is 1.61. The highest BCUT2D eigenvalue weighted by molar-refractivity contribution is 6.08. The Labute approximate surface area is 202 Å². The second-order valence-electron chi connectivity index (χ2n) is 9.56. The van der Waals surface area contributed by atoms with Gasteiger partial charge in [0, 0.05) is 42.8 Å². The van der Waals surface area contributed by atoms with Crippen molar-refractivity contribution in [2.45, 2.75) is 46.9 Å². The van der Waals surface area contributed by atoms with Crippen LogP contribution in [0, 0.1) is 12.8 Å². The summed E-state index contributed by atoms with van der Waals surface area (Å²) < 4.78 is 11.1. The van der Waals surface area contributed by atoms with Crippen LogP contribution < -0.4 is 9.30 Å². The minimum Gasteiger partial charge on any atom is -0.489 e. The molecule has 5 rings (SSSR count). The van der Waals surface area contributed by atoms with Gasteiger partial charge >= 0.3 is 0 Å². The lowest BCUT2D eigenvalue weighted by Crippen LogP contribution is -2.37. The lowest BCUT2D eigenvalue weighted by atomic mass is 10.1. The Kier molecular flexibility index (Phi) is 6.35. The van der Waals surface area contributed by atoms with Crippen molar-refractivity contribution in [3.63, 3.8) is 0 Å². The quantitative estimate of drug-likeness (QED) is 0.232. The van der Waals surface area contributed by atoms with Crippen molar-refractivity contribution in [3.05, 3.63) is 108 Å². The predicted molar refractivity (Wildman–Crippen MR) is 140 cm³/mol. The zero-order chi connectivity index (χ0) is 23.5. The number of pyridine rings is 1. The highest BCUT2D eigenvalue weighted by atomic mass is 16.5. The zero-order valence-electron chi connectivity index (χ0n) is 20.4. The molecule has 0 aliphatic heterocycles. The molecule has 3 aromatic carbocycles. The number of ether oxygens (including phenoxy) is 1. The van der Waals surface area contributed by atoms with E-state index in [2.05, 4.69) is 115 Å². The van der Waals surface area contributed by atoms with E-state index < -0.39 is 0 Å². The molecule has 0 bridgehead atoms. The monoisotopic (exact) mass is 449 g/mol. The highest BCUT2D eigenvalue weighted by Gasteiger charge is 2.20. The van der Waals surface area contributed by atoms with Crippen molar-refractivity contribution >= 4 is 21.8 Å². The molecule has 0 N–H and O–H groups in total. The Morgan fingerprint density at radius 3 is 2.24 bits per heavy atom. The van der Waals surface area contributed by atoms with Crippen LogP contribution in [0.3, 0.4) is 0 Å². The average molecular weight is 450 g/mol. The van der Waals surface area contributed by atoms with Crippen molar-refractivity contribution in [1.29, 1.82) is 0 Å². The summed E-state index contributed by atoms with van der Waals surface area (Å²) in [4.78, 5) is 0. The van der Waals surface area contributed by atoms with Crippen LogP contribution in [0.25, 0.3) is 21.8 Å². The molecule has 2 aromatic heterocycles. The van der Waals surface area contributed by atoms with Crippen molar-refractivity contribution in [1.82, 2.24) is 4.57 Å². The number of aryl methyl sites for hydroxylation is 2. The predicted octanol–water partition coefficient (Wildman–Crippen LogP) is 7.06. The van der Waals surface area contributed by atoms with Gasteiger partial charge in [0.1, 0.15) is 24.4 Å². The maximum Gasteiger partial charge on any atom is 0.202 e. The Morgan fingerprint density at radius 1 is 0.824 bits per heavy atom. The first-order chi connectivity index (χ1) is 16.6. The summed E-state index contributed by atoms with van der Waals surface area (Å²) in [6.07, 6.45) is 3.43. The fourth-order valence-corrected chi connectivity index (χ4v) is 4.73. The van der Waals surface area contributed by atoms with Crippen LogP contribution in [-0.4, -0.2) is 4.57 Å². The molecule has 0 radical (unpaired) electrons.